The van der Waals surface area contributed by atoms with Gasteiger partial charge in [-0.05, 0) is 49.8 Å². The quantitative estimate of drug-likeness (QED) is 0.470. The normalized spacial score (nSPS) is 18.3. The molecule has 2 aromatic heterocycles. The average molecular weight is 505 g/mol. The molecule has 4 heterocycles. The Bertz CT molecular complexity index is 1320. The Hall–Kier alpha value is -3.46. The van der Waals surface area contributed by atoms with Crippen LogP contribution < -0.4 is 16.2 Å². The molecule has 196 valence electrons. The van der Waals surface area contributed by atoms with E-state index in [4.69, 9.17) is 9.72 Å². The minimum Gasteiger partial charge on any atom is -0.381 e. The Morgan fingerprint density at radius 3 is 2.76 bits per heavy atom. The molecule has 9 heteroatoms. The molecule has 0 bridgehead atoms. The van der Waals surface area contributed by atoms with Crippen molar-refractivity contribution < 1.29 is 9.53 Å². The van der Waals surface area contributed by atoms with Gasteiger partial charge in [0.25, 0.3) is 5.56 Å². The Morgan fingerprint density at radius 1 is 1.16 bits per heavy atom. The highest BCUT2D eigenvalue weighted by Crippen LogP contribution is 2.28. The highest BCUT2D eigenvalue weighted by atomic mass is 16.5. The smallest absolute Gasteiger partial charge is 0.317 e. The molecule has 0 saturated carbocycles. The summed E-state index contributed by atoms with van der Waals surface area (Å²) in [5.41, 5.74) is 3.26. The summed E-state index contributed by atoms with van der Waals surface area (Å²) in [6.45, 7) is 7.37. The van der Waals surface area contributed by atoms with Crippen LogP contribution in [0, 0.1) is 6.92 Å². The fraction of sp³-hybridized carbons (Fsp3) is 0.500. The second-order valence-electron chi connectivity index (χ2n) is 10.0. The average Bonchev–Trinajstić information content (AvgIpc) is 3.38. The van der Waals surface area contributed by atoms with Gasteiger partial charge in [0.15, 0.2) is 0 Å². The van der Waals surface area contributed by atoms with E-state index in [9.17, 15) is 9.59 Å². The Labute approximate surface area is 217 Å². The van der Waals surface area contributed by atoms with Gasteiger partial charge in [-0.15, -0.1) is 0 Å². The number of nitrogens with zero attached hydrogens (tertiary/aromatic N) is 4. The van der Waals surface area contributed by atoms with Crippen LogP contribution in [0.1, 0.15) is 50.6 Å². The molecule has 2 N–H and O–H groups in total. The highest BCUT2D eigenvalue weighted by Gasteiger charge is 2.27. The first-order chi connectivity index (χ1) is 18.0. The number of anilines is 1. The molecule has 5 rings (SSSR count). The van der Waals surface area contributed by atoms with Crippen LogP contribution in [0.25, 0.3) is 22.2 Å². The fourth-order valence-corrected chi connectivity index (χ4v) is 5.27. The molecule has 2 saturated heterocycles. The van der Waals surface area contributed by atoms with E-state index in [2.05, 4.69) is 22.5 Å². The summed E-state index contributed by atoms with van der Waals surface area (Å²) in [6.07, 6.45) is 6.18. The molecule has 1 aromatic carbocycles. The van der Waals surface area contributed by atoms with Crippen LogP contribution in [-0.4, -0.2) is 64.4 Å². The second kappa shape index (κ2) is 11.3. The molecule has 0 spiro atoms. The van der Waals surface area contributed by atoms with E-state index in [1.54, 1.807) is 6.20 Å². The molecule has 37 heavy (non-hydrogen) atoms. The van der Waals surface area contributed by atoms with Gasteiger partial charge in [0, 0.05) is 62.1 Å². The number of carbonyl (C=O) groups is 1. The lowest BCUT2D eigenvalue weighted by atomic mass is 10.00. The summed E-state index contributed by atoms with van der Waals surface area (Å²) in [7, 11) is 0. The first-order valence-electron chi connectivity index (χ1n) is 13.4. The zero-order valence-corrected chi connectivity index (χ0v) is 21.7. The van der Waals surface area contributed by atoms with Crippen molar-refractivity contribution in [3.63, 3.8) is 0 Å². The number of amides is 2. The molecule has 2 aliphatic heterocycles. The molecule has 1 atom stereocenters. The van der Waals surface area contributed by atoms with Crippen LogP contribution in [0.3, 0.4) is 0 Å². The number of hydrogen-bond acceptors (Lipinski definition) is 6. The van der Waals surface area contributed by atoms with Crippen molar-refractivity contribution in [3.05, 3.63) is 52.4 Å². The van der Waals surface area contributed by atoms with Gasteiger partial charge in [-0.3, -0.25) is 9.36 Å². The van der Waals surface area contributed by atoms with Crippen LogP contribution in [0.4, 0.5) is 10.7 Å². The third-order valence-corrected chi connectivity index (χ3v) is 7.38. The van der Waals surface area contributed by atoms with Gasteiger partial charge in [-0.1, -0.05) is 37.6 Å². The topological polar surface area (TPSA) is 101 Å². The molecule has 0 aliphatic carbocycles. The molecule has 0 radical (unpaired) electrons. The molecular formula is C28H36N6O3. The van der Waals surface area contributed by atoms with E-state index in [-0.39, 0.29) is 23.7 Å². The predicted molar refractivity (Wildman–Crippen MR) is 145 cm³/mol. The van der Waals surface area contributed by atoms with Crippen molar-refractivity contribution in [2.45, 2.75) is 58.0 Å². The van der Waals surface area contributed by atoms with Crippen molar-refractivity contribution in [1.29, 1.82) is 0 Å². The monoisotopic (exact) mass is 504 g/mol. The number of carbonyl (C=O) groups excluding carboxylic acids is 1. The van der Waals surface area contributed by atoms with Crippen LogP contribution in [-0.2, 0) is 4.74 Å². The first-order valence-corrected chi connectivity index (χ1v) is 13.4. The second-order valence-corrected chi connectivity index (χ2v) is 10.0. The summed E-state index contributed by atoms with van der Waals surface area (Å²) < 4.78 is 7.44. The highest BCUT2D eigenvalue weighted by molar-refractivity contribution is 5.82. The lowest BCUT2D eigenvalue weighted by Crippen LogP contribution is -2.40. The molecule has 2 fully saturated rings. The van der Waals surface area contributed by atoms with Crippen LogP contribution >= 0.6 is 0 Å². The number of urea groups is 1. The van der Waals surface area contributed by atoms with E-state index >= 15 is 0 Å². The Balaban J connectivity index is 1.44. The first kappa shape index (κ1) is 25.2. The zero-order chi connectivity index (χ0) is 25.8. The van der Waals surface area contributed by atoms with Gasteiger partial charge in [0.1, 0.15) is 5.65 Å². The van der Waals surface area contributed by atoms with Crippen molar-refractivity contribution in [2.75, 3.05) is 38.2 Å². The lowest BCUT2D eigenvalue weighted by Gasteiger charge is -2.26. The number of fused-ring (bicyclic) bond motifs is 1. The summed E-state index contributed by atoms with van der Waals surface area (Å²) in [5, 5.41) is 7.22. The largest absolute Gasteiger partial charge is 0.381 e. The van der Waals surface area contributed by atoms with Gasteiger partial charge >= 0.3 is 6.03 Å². The van der Waals surface area contributed by atoms with E-state index < -0.39 is 0 Å². The number of aromatic nitrogens is 3. The minimum atomic E-state index is -0.0332. The molecule has 0 unspecified atom stereocenters. The maximum Gasteiger partial charge on any atom is 0.317 e. The van der Waals surface area contributed by atoms with E-state index in [0.29, 0.717) is 50.0 Å². The van der Waals surface area contributed by atoms with E-state index in [1.807, 2.05) is 46.7 Å². The predicted octanol–water partition coefficient (Wildman–Crippen LogP) is 4.11. The number of aryl methyl sites for hydroxylation is 1. The van der Waals surface area contributed by atoms with Gasteiger partial charge in [-0.25, -0.2) is 9.78 Å². The number of benzene rings is 1. The third kappa shape index (κ3) is 5.46. The van der Waals surface area contributed by atoms with Crippen LogP contribution in [0.5, 0.6) is 0 Å². The summed E-state index contributed by atoms with van der Waals surface area (Å²) in [6, 6.07) is 9.93. The van der Waals surface area contributed by atoms with Gasteiger partial charge < -0.3 is 20.3 Å². The Morgan fingerprint density at radius 2 is 1.97 bits per heavy atom. The van der Waals surface area contributed by atoms with Crippen molar-refractivity contribution >= 4 is 23.0 Å². The van der Waals surface area contributed by atoms with Gasteiger partial charge in [0.05, 0.1) is 0 Å². The van der Waals surface area contributed by atoms with Crippen molar-refractivity contribution in [1.82, 2.24) is 24.8 Å². The number of pyridine rings is 1. The lowest BCUT2D eigenvalue weighted by molar-refractivity contribution is 0.0697. The van der Waals surface area contributed by atoms with E-state index in [1.165, 1.54) is 0 Å². The number of unbranched alkanes of at least 4 members (excludes halogenated alkanes) is 1. The third-order valence-electron chi connectivity index (χ3n) is 7.38. The fourth-order valence-electron chi connectivity index (χ4n) is 5.27. The minimum absolute atomic E-state index is 0.0178. The molecule has 9 nitrogen and oxygen atoms in total. The van der Waals surface area contributed by atoms with Crippen LogP contribution in [0.2, 0.25) is 0 Å². The van der Waals surface area contributed by atoms with Gasteiger partial charge in [-0.2, -0.15) is 4.98 Å². The maximum atomic E-state index is 13.9. The zero-order valence-electron chi connectivity index (χ0n) is 21.7. The Kier molecular flexibility index (Phi) is 7.69. The van der Waals surface area contributed by atoms with Crippen molar-refractivity contribution in [3.8, 4) is 11.1 Å². The summed E-state index contributed by atoms with van der Waals surface area (Å²) >= 11 is 0. The number of hydrogen-bond donors (Lipinski definition) is 2. The van der Waals surface area contributed by atoms with Gasteiger partial charge in [0.2, 0.25) is 5.95 Å². The van der Waals surface area contributed by atoms with Crippen LogP contribution in [0.15, 0.2) is 41.3 Å². The number of nitrogens with one attached hydrogen (secondary N) is 2. The number of rotatable bonds is 7. The SMILES string of the molecule is CCCCNC(=O)N1CC[C@H](Nc2ncc3cc(-c4ccccc4C)c(=O)n(C4CCOCC4)c3n2)C1. The number of likely N-dealkylation sites (tertiary alicyclic amines) is 1. The van der Waals surface area contributed by atoms with E-state index in [0.717, 1.165) is 48.6 Å². The van der Waals surface area contributed by atoms with Crippen molar-refractivity contribution in [2.24, 2.45) is 0 Å². The molecule has 2 amide bonds. The standard InChI is InChI=1S/C28H36N6O3/c1-3-4-12-29-28(36)33-13-9-21(18-33)31-27-30-17-20-16-24(23-8-6-5-7-19(23)2)26(35)34(25(20)32-27)22-10-14-37-15-11-22/h5-8,16-17,21-22H,3-4,9-15,18H2,1-2H3,(H,29,36)(H,30,31,32)/t21-/m0/s1. The molecule has 2 aliphatic rings. The summed E-state index contributed by atoms with van der Waals surface area (Å²) in [4.78, 5) is 37.6. The maximum absolute atomic E-state index is 13.9. The summed E-state index contributed by atoms with van der Waals surface area (Å²) in [5.74, 6) is 0.481. The number of ether oxygens (including phenoxy) is 1. The molecule has 3 aromatic rings. The molecular weight excluding hydrogens is 468 g/mol.